The fourth-order valence-electron chi connectivity index (χ4n) is 2.05. The predicted octanol–water partition coefficient (Wildman–Crippen LogP) is 0.718. The molecule has 3 N–H and O–H groups in total. The molecule has 2 rings (SSSR count). The van der Waals surface area contributed by atoms with Crippen molar-refractivity contribution in [2.75, 3.05) is 33.2 Å². The van der Waals surface area contributed by atoms with Crippen LogP contribution in [0.2, 0.25) is 0 Å². The van der Waals surface area contributed by atoms with Gasteiger partial charge in [0.1, 0.15) is 5.84 Å². The number of rotatable bonds is 3. The van der Waals surface area contributed by atoms with Gasteiger partial charge in [-0.15, -0.1) is 0 Å². The first-order valence-corrected chi connectivity index (χ1v) is 5.99. The molecule has 17 heavy (non-hydrogen) atoms. The van der Waals surface area contributed by atoms with Gasteiger partial charge in [-0.1, -0.05) is 24.3 Å². The van der Waals surface area contributed by atoms with Crippen LogP contribution in [-0.4, -0.2) is 48.9 Å². The van der Waals surface area contributed by atoms with Crippen LogP contribution in [0, 0.1) is 5.41 Å². The Kier molecular flexibility index (Phi) is 3.76. The van der Waals surface area contributed by atoms with E-state index in [2.05, 4.69) is 29.0 Å². The highest BCUT2D eigenvalue weighted by Gasteiger charge is 2.13. The quantitative estimate of drug-likeness (QED) is 0.596. The molecule has 0 bridgehead atoms. The Morgan fingerprint density at radius 2 is 1.76 bits per heavy atom. The number of nitrogens with zero attached hydrogens (tertiary/aromatic N) is 2. The van der Waals surface area contributed by atoms with E-state index in [9.17, 15) is 0 Å². The lowest BCUT2D eigenvalue weighted by Crippen LogP contribution is -2.43. The molecule has 1 heterocycles. The first kappa shape index (κ1) is 12.1. The lowest BCUT2D eigenvalue weighted by molar-refractivity contribution is 0.148. The van der Waals surface area contributed by atoms with Crippen molar-refractivity contribution in [1.29, 1.82) is 5.41 Å². The third-order valence-corrected chi connectivity index (χ3v) is 3.27. The molecule has 1 saturated heterocycles. The average Bonchev–Trinajstić information content (AvgIpc) is 2.33. The van der Waals surface area contributed by atoms with Crippen LogP contribution in [0.4, 0.5) is 0 Å². The summed E-state index contributed by atoms with van der Waals surface area (Å²) in [6.45, 7) is 5.54. The molecule has 1 aliphatic rings. The van der Waals surface area contributed by atoms with Crippen LogP contribution in [0.25, 0.3) is 0 Å². The Morgan fingerprint density at radius 3 is 2.29 bits per heavy atom. The maximum atomic E-state index is 7.34. The predicted molar refractivity (Wildman–Crippen MR) is 70.2 cm³/mol. The minimum Gasteiger partial charge on any atom is -0.384 e. The molecule has 4 nitrogen and oxygen atoms in total. The second kappa shape index (κ2) is 5.29. The first-order valence-electron chi connectivity index (χ1n) is 5.99. The highest BCUT2D eigenvalue weighted by molar-refractivity contribution is 5.94. The van der Waals surface area contributed by atoms with Gasteiger partial charge in [0, 0.05) is 38.3 Å². The second-order valence-corrected chi connectivity index (χ2v) is 4.69. The first-order chi connectivity index (χ1) is 8.15. The van der Waals surface area contributed by atoms with Gasteiger partial charge in [0.25, 0.3) is 0 Å². The summed E-state index contributed by atoms with van der Waals surface area (Å²) >= 11 is 0. The maximum absolute atomic E-state index is 7.34. The summed E-state index contributed by atoms with van der Waals surface area (Å²) in [5, 5.41) is 7.34. The number of nitrogen functional groups attached to an aromatic ring is 1. The van der Waals surface area contributed by atoms with E-state index in [0.29, 0.717) is 0 Å². The summed E-state index contributed by atoms with van der Waals surface area (Å²) in [6, 6.07) is 7.98. The normalized spacial score (nSPS) is 18.2. The molecule has 0 aliphatic carbocycles. The van der Waals surface area contributed by atoms with Crippen molar-refractivity contribution in [1.82, 2.24) is 9.80 Å². The molecule has 1 fully saturated rings. The van der Waals surface area contributed by atoms with Crippen molar-refractivity contribution in [2.24, 2.45) is 5.73 Å². The van der Waals surface area contributed by atoms with Crippen LogP contribution in [-0.2, 0) is 6.54 Å². The van der Waals surface area contributed by atoms with Crippen molar-refractivity contribution in [3.63, 3.8) is 0 Å². The van der Waals surface area contributed by atoms with E-state index < -0.39 is 0 Å². The number of piperazine rings is 1. The van der Waals surface area contributed by atoms with Gasteiger partial charge in [0.2, 0.25) is 0 Å². The van der Waals surface area contributed by atoms with Gasteiger partial charge in [-0.2, -0.15) is 0 Å². The minimum atomic E-state index is 0.135. The highest BCUT2D eigenvalue weighted by Crippen LogP contribution is 2.09. The Morgan fingerprint density at radius 1 is 1.18 bits per heavy atom. The minimum absolute atomic E-state index is 0.135. The number of amidine groups is 1. The molecule has 0 amide bonds. The van der Waals surface area contributed by atoms with E-state index in [4.69, 9.17) is 11.1 Å². The smallest absolute Gasteiger partial charge is 0.122 e. The summed E-state index contributed by atoms with van der Waals surface area (Å²) < 4.78 is 0. The van der Waals surface area contributed by atoms with Crippen LogP contribution in [0.15, 0.2) is 24.3 Å². The number of likely N-dealkylation sites (N-methyl/N-ethyl adjacent to an activating group) is 1. The number of hydrogen-bond donors (Lipinski definition) is 2. The van der Waals surface area contributed by atoms with E-state index in [1.807, 2.05) is 12.1 Å². The third kappa shape index (κ3) is 3.28. The Labute approximate surface area is 103 Å². The van der Waals surface area contributed by atoms with Crippen molar-refractivity contribution in [3.8, 4) is 0 Å². The topological polar surface area (TPSA) is 56.4 Å². The SMILES string of the molecule is CN1CCN(Cc2ccc(C(=N)N)cc2)CC1. The van der Waals surface area contributed by atoms with E-state index in [1.54, 1.807) is 0 Å². The molecule has 0 unspecified atom stereocenters. The number of hydrogen-bond acceptors (Lipinski definition) is 3. The van der Waals surface area contributed by atoms with Crippen LogP contribution >= 0.6 is 0 Å². The van der Waals surface area contributed by atoms with Gasteiger partial charge in [0.15, 0.2) is 0 Å². The summed E-state index contributed by atoms with van der Waals surface area (Å²) in [6.07, 6.45) is 0. The average molecular weight is 232 g/mol. The zero-order chi connectivity index (χ0) is 12.3. The lowest BCUT2D eigenvalue weighted by Gasteiger charge is -2.32. The van der Waals surface area contributed by atoms with Gasteiger partial charge < -0.3 is 10.6 Å². The second-order valence-electron chi connectivity index (χ2n) is 4.69. The zero-order valence-corrected chi connectivity index (χ0v) is 10.3. The fraction of sp³-hybridized carbons (Fsp3) is 0.462. The molecule has 0 aromatic heterocycles. The van der Waals surface area contributed by atoms with Gasteiger partial charge >= 0.3 is 0 Å². The third-order valence-electron chi connectivity index (χ3n) is 3.27. The van der Waals surface area contributed by atoms with Crippen LogP contribution in [0.1, 0.15) is 11.1 Å². The Hall–Kier alpha value is -1.39. The van der Waals surface area contributed by atoms with E-state index >= 15 is 0 Å². The number of nitrogens with one attached hydrogen (secondary N) is 1. The van der Waals surface area contributed by atoms with Gasteiger partial charge in [-0.3, -0.25) is 10.3 Å². The largest absolute Gasteiger partial charge is 0.384 e. The maximum Gasteiger partial charge on any atom is 0.122 e. The van der Waals surface area contributed by atoms with E-state index in [-0.39, 0.29) is 5.84 Å². The fourth-order valence-corrected chi connectivity index (χ4v) is 2.05. The lowest BCUT2D eigenvalue weighted by atomic mass is 10.1. The van der Waals surface area contributed by atoms with Gasteiger partial charge in [-0.25, -0.2) is 0 Å². The molecule has 0 atom stereocenters. The standard InChI is InChI=1S/C13H20N4/c1-16-6-8-17(9-7-16)10-11-2-4-12(5-3-11)13(14)15/h2-5H,6-10H2,1H3,(H3,14,15). The summed E-state index contributed by atoms with van der Waals surface area (Å²) in [4.78, 5) is 4.82. The van der Waals surface area contributed by atoms with Gasteiger partial charge in [0.05, 0.1) is 0 Å². The van der Waals surface area contributed by atoms with Crippen LogP contribution < -0.4 is 5.73 Å². The monoisotopic (exact) mass is 232 g/mol. The molecule has 0 radical (unpaired) electrons. The molecule has 0 saturated carbocycles. The van der Waals surface area contributed by atoms with Crippen LogP contribution in [0.3, 0.4) is 0 Å². The molecule has 1 aromatic carbocycles. The van der Waals surface area contributed by atoms with E-state index in [1.165, 1.54) is 5.56 Å². The molecule has 4 heteroatoms. The number of nitrogens with two attached hydrogens (primary N) is 1. The van der Waals surface area contributed by atoms with Crippen LogP contribution in [0.5, 0.6) is 0 Å². The summed E-state index contributed by atoms with van der Waals surface area (Å²) in [7, 11) is 2.17. The Balaban J connectivity index is 1.92. The molecular weight excluding hydrogens is 212 g/mol. The molecule has 0 spiro atoms. The van der Waals surface area contributed by atoms with Crippen molar-refractivity contribution in [2.45, 2.75) is 6.54 Å². The summed E-state index contributed by atoms with van der Waals surface area (Å²) in [5.74, 6) is 0.135. The Bertz CT molecular complexity index is 377. The van der Waals surface area contributed by atoms with Gasteiger partial charge in [-0.05, 0) is 12.6 Å². The van der Waals surface area contributed by atoms with Crippen molar-refractivity contribution in [3.05, 3.63) is 35.4 Å². The number of benzene rings is 1. The molecule has 1 aliphatic heterocycles. The molecule has 92 valence electrons. The van der Waals surface area contributed by atoms with Crippen molar-refractivity contribution < 1.29 is 0 Å². The molecule has 1 aromatic rings. The highest BCUT2D eigenvalue weighted by atomic mass is 15.2. The zero-order valence-electron chi connectivity index (χ0n) is 10.3. The van der Waals surface area contributed by atoms with E-state index in [0.717, 1.165) is 38.3 Å². The van der Waals surface area contributed by atoms with Crippen molar-refractivity contribution >= 4 is 5.84 Å². The summed E-state index contributed by atoms with van der Waals surface area (Å²) in [5.41, 5.74) is 7.52. The molecular formula is C13H20N4.